The van der Waals surface area contributed by atoms with Crippen molar-refractivity contribution in [3.8, 4) is 5.75 Å². The van der Waals surface area contributed by atoms with Crippen LogP contribution in [0.25, 0.3) is 0 Å². The van der Waals surface area contributed by atoms with Gasteiger partial charge in [-0.25, -0.2) is 8.78 Å². The molecule has 1 amide bonds. The maximum absolute atomic E-state index is 13.1. The number of carbonyl (C=O) groups is 1. The van der Waals surface area contributed by atoms with Crippen molar-refractivity contribution in [2.24, 2.45) is 0 Å². The van der Waals surface area contributed by atoms with E-state index in [9.17, 15) is 18.7 Å². The Bertz CT molecular complexity index is 736. The predicted molar refractivity (Wildman–Crippen MR) is 90.5 cm³/mol. The van der Waals surface area contributed by atoms with E-state index in [1.165, 1.54) is 6.07 Å². The Labute approximate surface area is 145 Å². The lowest BCUT2D eigenvalue weighted by Crippen LogP contribution is -2.37. The lowest BCUT2D eigenvalue weighted by atomic mass is 9.98. The monoisotopic (exact) mass is 349 g/mol. The second kappa shape index (κ2) is 8.58. The van der Waals surface area contributed by atoms with Crippen LogP contribution in [0.5, 0.6) is 5.75 Å². The summed E-state index contributed by atoms with van der Waals surface area (Å²) in [6, 6.07) is 10.8. The van der Waals surface area contributed by atoms with E-state index in [2.05, 4.69) is 5.32 Å². The van der Waals surface area contributed by atoms with Gasteiger partial charge in [-0.3, -0.25) is 4.79 Å². The molecule has 2 aromatic carbocycles. The van der Waals surface area contributed by atoms with Crippen molar-refractivity contribution < 1.29 is 23.4 Å². The fourth-order valence-electron chi connectivity index (χ4n) is 2.28. The van der Waals surface area contributed by atoms with Crippen molar-refractivity contribution in [3.05, 3.63) is 65.2 Å². The number of aryl methyl sites for hydroxylation is 1. The number of hydrogen-bond acceptors (Lipinski definition) is 3. The van der Waals surface area contributed by atoms with Gasteiger partial charge >= 0.3 is 0 Å². The molecule has 2 rings (SSSR count). The summed E-state index contributed by atoms with van der Waals surface area (Å²) >= 11 is 0. The van der Waals surface area contributed by atoms with E-state index in [1.54, 1.807) is 6.92 Å². The molecule has 0 saturated carbocycles. The molecule has 0 heterocycles. The molecule has 2 aromatic rings. The van der Waals surface area contributed by atoms with Crippen LogP contribution in [-0.4, -0.2) is 30.3 Å². The number of carbonyl (C=O) groups excluding carboxylic acids is 1. The number of rotatable bonds is 7. The molecule has 0 bridgehead atoms. The first kappa shape index (κ1) is 18.9. The number of hydrogen-bond donors (Lipinski definition) is 2. The number of amides is 1. The molecule has 134 valence electrons. The Morgan fingerprint density at radius 3 is 2.64 bits per heavy atom. The highest BCUT2D eigenvalue weighted by Gasteiger charge is 2.16. The number of nitrogens with one attached hydrogen (secondary N) is 1. The lowest BCUT2D eigenvalue weighted by molar-refractivity contribution is -0.122. The smallest absolute Gasteiger partial charge is 0.227 e. The van der Waals surface area contributed by atoms with E-state index in [1.807, 2.05) is 31.2 Å². The van der Waals surface area contributed by atoms with E-state index >= 15 is 0 Å². The maximum atomic E-state index is 13.1. The van der Waals surface area contributed by atoms with Crippen molar-refractivity contribution in [2.75, 3.05) is 13.2 Å². The molecule has 0 saturated heterocycles. The second-order valence-corrected chi connectivity index (χ2v) is 5.92. The van der Waals surface area contributed by atoms with Crippen molar-refractivity contribution in [3.63, 3.8) is 0 Å². The number of aliphatic hydroxyl groups is 1. The first-order chi connectivity index (χ1) is 11.9. The summed E-state index contributed by atoms with van der Waals surface area (Å²) in [6.45, 7) is 3.59. The van der Waals surface area contributed by atoms with Crippen molar-refractivity contribution in [1.29, 1.82) is 0 Å². The summed E-state index contributed by atoms with van der Waals surface area (Å²) in [5.41, 5.74) is 1.96. The van der Waals surface area contributed by atoms with Gasteiger partial charge in [-0.05, 0) is 31.5 Å². The zero-order valence-electron chi connectivity index (χ0n) is 14.1. The molecule has 4 nitrogen and oxygen atoms in total. The quantitative estimate of drug-likeness (QED) is 0.808. The van der Waals surface area contributed by atoms with Crippen LogP contribution < -0.4 is 10.1 Å². The predicted octanol–water partition coefficient (Wildman–Crippen LogP) is 2.93. The van der Waals surface area contributed by atoms with Crippen molar-refractivity contribution in [2.45, 2.75) is 25.9 Å². The number of aliphatic hydroxyl groups excluding tert-OH is 1. The van der Waals surface area contributed by atoms with Gasteiger partial charge in [-0.1, -0.05) is 29.8 Å². The maximum Gasteiger partial charge on any atom is 0.227 e. The zero-order valence-corrected chi connectivity index (χ0v) is 14.1. The molecule has 2 atom stereocenters. The van der Waals surface area contributed by atoms with E-state index in [0.717, 1.165) is 23.3 Å². The van der Waals surface area contributed by atoms with Gasteiger partial charge in [0.2, 0.25) is 5.91 Å². The van der Waals surface area contributed by atoms with Gasteiger partial charge in [0.15, 0.2) is 11.6 Å². The van der Waals surface area contributed by atoms with Crippen LogP contribution in [0.1, 0.15) is 24.0 Å². The first-order valence-corrected chi connectivity index (χ1v) is 7.97. The Kier molecular flexibility index (Phi) is 6.47. The van der Waals surface area contributed by atoms with E-state index < -0.39 is 17.7 Å². The topological polar surface area (TPSA) is 58.6 Å². The zero-order chi connectivity index (χ0) is 18.4. The third-order valence-corrected chi connectivity index (χ3v) is 3.78. The molecule has 0 aliphatic rings. The highest BCUT2D eigenvalue weighted by Crippen LogP contribution is 2.17. The standard InChI is InChI=1S/C19H21F2NO3/c1-12-4-3-5-14(8-12)13(2)19(24)22-10-15(23)11-25-16-6-7-17(20)18(21)9-16/h3-9,13,15,23H,10-11H2,1-2H3,(H,22,24). The molecule has 6 heteroatoms. The van der Waals surface area contributed by atoms with Gasteiger partial charge in [0, 0.05) is 12.6 Å². The molecule has 0 aliphatic carbocycles. The minimum atomic E-state index is -1.02. The van der Waals surface area contributed by atoms with Gasteiger partial charge in [-0.2, -0.15) is 0 Å². The van der Waals surface area contributed by atoms with Gasteiger partial charge < -0.3 is 15.2 Å². The Balaban J connectivity index is 1.79. The van der Waals surface area contributed by atoms with Crippen LogP contribution in [0.15, 0.2) is 42.5 Å². The van der Waals surface area contributed by atoms with Gasteiger partial charge in [0.05, 0.1) is 5.92 Å². The van der Waals surface area contributed by atoms with Gasteiger partial charge in [-0.15, -0.1) is 0 Å². The highest BCUT2D eigenvalue weighted by atomic mass is 19.2. The minimum absolute atomic E-state index is 0.00132. The normalized spacial score (nSPS) is 13.2. The Hall–Kier alpha value is -2.47. The minimum Gasteiger partial charge on any atom is -0.491 e. The average molecular weight is 349 g/mol. The van der Waals surface area contributed by atoms with Crippen LogP contribution in [0.2, 0.25) is 0 Å². The largest absolute Gasteiger partial charge is 0.491 e. The van der Waals surface area contributed by atoms with Crippen molar-refractivity contribution in [1.82, 2.24) is 5.32 Å². The molecule has 2 N–H and O–H groups in total. The van der Waals surface area contributed by atoms with Crippen LogP contribution in [-0.2, 0) is 4.79 Å². The summed E-state index contributed by atoms with van der Waals surface area (Å²) < 4.78 is 31.1. The molecule has 0 aromatic heterocycles. The molecule has 0 spiro atoms. The van der Waals surface area contributed by atoms with E-state index in [0.29, 0.717) is 0 Å². The third-order valence-electron chi connectivity index (χ3n) is 3.78. The Morgan fingerprint density at radius 2 is 1.96 bits per heavy atom. The molecule has 2 unspecified atom stereocenters. The van der Waals surface area contributed by atoms with Gasteiger partial charge in [0.25, 0.3) is 0 Å². The summed E-state index contributed by atoms with van der Waals surface area (Å²) in [5.74, 6) is -2.44. The fourth-order valence-corrected chi connectivity index (χ4v) is 2.28. The molecule has 25 heavy (non-hydrogen) atoms. The summed E-state index contributed by atoms with van der Waals surface area (Å²) in [5, 5.41) is 12.5. The number of benzene rings is 2. The van der Waals surface area contributed by atoms with E-state index in [-0.39, 0.29) is 30.7 Å². The molecule has 0 radical (unpaired) electrons. The molecular formula is C19H21F2NO3. The van der Waals surface area contributed by atoms with Crippen LogP contribution >= 0.6 is 0 Å². The van der Waals surface area contributed by atoms with Crippen molar-refractivity contribution >= 4 is 5.91 Å². The lowest BCUT2D eigenvalue weighted by Gasteiger charge is -2.16. The van der Waals surface area contributed by atoms with Crippen LogP contribution in [0, 0.1) is 18.6 Å². The Morgan fingerprint density at radius 1 is 1.20 bits per heavy atom. The van der Waals surface area contributed by atoms with Crippen LogP contribution in [0.4, 0.5) is 8.78 Å². The van der Waals surface area contributed by atoms with Gasteiger partial charge in [0.1, 0.15) is 18.5 Å². The summed E-state index contributed by atoms with van der Waals surface area (Å²) in [4.78, 5) is 12.2. The number of halogens is 2. The summed E-state index contributed by atoms with van der Waals surface area (Å²) in [6.07, 6.45) is -0.971. The van der Waals surface area contributed by atoms with E-state index in [4.69, 9.17) is 4.74 Å². The SMILES string of the molecule is Cc1cccc(C(C)C(=O)NCC(O)COc2ccc(F)c(F)c2)c1. The molecule has 0 aliphatic heterocycles. The first-order valence-electron chi connectivity index (χ1n) is 7.97. The number of ether oxygens (including phenoxy) is 1. The average Bonchev–Trinajstić information content (AvgIpc) is 2.60. The fraction of sp³-hybridized carbons (Fsp3) is 0.316. The third kappa shape index (κ3) is 5.53. The molecular weight excluding hydrogens is 328 g/mol. The molecule has 0 fully saturated rings. The second-order valence-electron chi connectivity index (χ2n) is 5.92. The highest BCUT2D eigenvalue weighted by molar-refractivity contribution is 5.83. The van der Waals surface area contributed by atoms with Crippen LogP contribution in [0.3, 0.4) is 0 Å². The summed E-state index contributed by atoms with van der Waals surface area (Å²) in [7, 11) is 0.